The van der Waals surface area contributed by atoms with Crippen molar-refractivity contribution < 1.29 is 4.79 Å². The molecule has 1 atom stereocenters. The van der Waals surface area contributed by atoms with Crippen molar-refractivity contribution in [1.82, 2.24) is 19.9 Å². The van der Waals surface area contributed by atoms with Crippen molar-refractivity contribution in [3.05, 3.63) is 23.7 Å². The molecule has 3 N–H and O–H groups in total. The number of nitrogens with zero attached hydrogens (tertiary/aromatic N) is 3. The molecule has 2 aromatic heterocycles. The van der Waals surface area contributed by atoms with E-state index in [0.717, 1.165) is 43.1 Å². The summed E-state index contributed by atoms with van der Waals surface area (Å²) in [5, 5.41) is 0. The molecule has 1 amide bonds. The maximum atomic E-state index is 13.1. The second-order valence-corrected chi connectivity index (χ2v) is 7.90. The van der Waals surface area contributed by atoms with Gasteiger partial charge in [0.25, 0.3) is 5.91 Å². The third-order valence-corrected chi connectivity index (χ3v) is 6.20. The van der Waals surface area contributed by atoms with Crippen LogP contribution in [0, 0.1) is 11.3 Å². The van der Waals surface area contributed by atoms with E-state index in [1.165, 1.54) is 19.3 Å². The number of H-pyrrole nitrogens is 1. The summed E-state index contributed by atoms with van der Waals surface area (Å²) in [4.78, 5) is 27.3. The monoisotopic (exact) mass is 325 g/mol. The summed E-state index contributed by atoms with van der Waals surface area (Å²) in [5.41, 5.74) is 8.62. The molecule has 6 nitrogen and oxygen atoms in total. The molecule has 3 aliphatic rings. The second kappa shape index (κ2) is 5.02. The molecular weight excluding hydrogens is 302 g/mol. The van der Waals surface area contributed by atoms with Crippen molar-refractivity contribution in [2.24, 2.45) is 17.1 Å². The zero-order valence-electron chi connectivity index (χ0n) is 13.8. The van der Waals surface area contributed by atoms with Gasteiger partial charge in [0, 0.05) is 37.2 Å². The first-order chi connectivity index (χ1) is 11.6. The number of pyridine rings is 1. The number of nitrogens with two attached hydrogens (primary N) is 1. The van der Waals surface area contributed by atoms with E-state index in [0.29, 0.717) is 17.8 Å². The lowest BCUT2D eigenvalue weighted by molar-refractivity contribution is 0.0728. The minimum Gasteiger partial charge on any atom is -0.340 e. The molecule has 3 fully saturated rings. The molecule has 2 aromatic rings. The van der Waals surface area contributed by atoms with E-state index in [2.05, 4.69) is 15.0 Å². The quantitative estimate of drug-likeness (QED) is 0.901. The van der Waals surface area contributed by atoms with Crippen molar-refractivity contribution in [1.29, 1.82) is 0 Å². The summed E-state index contributed by atoms with van der Waals surface area (Å²) in [6.07, 6.45) is 8.75. The number of nitrogens with one attached hydrogen (secondary N) is 1. The van der Waals surface area contributed by atoms with Crippen LogP contribution in [0.15, 0.2) is 12.3 Å². The minimum absolute atomic E-state index is 0.0586. The fourth-order valence-corrected chi connectivity index (χ4v) is 4.31. The van der Waals surface area contributed by atoms with Crippen LogP contribution in [0.25, 0.3) is 11.2 Å². The summed E-state index contributed by atoms with van der Waals surface area (Å²) in [7, 11) is 0. The van der Waals surface area contributed by atoms with Gasteiger partial charge in [-0.05, 0) is 37.7 Å². The average molecular weight is 325 g/mol. The van der Waals surface area contributed by atoms with Crippen LogP contribution in [0.3, 0.4) is 0 Å². The predicted octanol–water partition coefficient (Wildman–Crippen LogP) is 1.86. The number of hydrogen-bond donors (Lipinski definition) is 2. The van der Waals surface area contributed by atoms with E-state index in [-0.39, 0.29) is 17.4 Å². The summed E-state index contributed by atoms with van der Waals surface area (Å²) in [6, 6.07) is 1.92. The third kappa shape index (κ3) is 2.16. The molecule has 3 heterocycles. The highest BCUT2D eigenvalue weighted by atomic mass is 16.2. The van der Waals surface area contributed by atoms with Crippen LogP contribution >= 0.6 is 0 Å². The molecule has 126 valence electrons. The number of fused-ring (bicyclic) bond motifs is 1. The van der Waals surface area contributed by atoms with Gasteiger partial charge in [0.1, 0.15) is 5.82 Å². The number of rotatable bonds is 3. The van der Waals surface area contributed by atoms with Crippen molar-refractivity contribution in [3.8, 4) is 0 Å². The second-order valence-electron chi connectivity index (χ2n) is 7.90. The first-order valence-corrected chi connectivity index (χ1v) is 9.03. The Kier molecular flexibility index (Phi) is 3.01. The number of aromatic nitrogens is 3. The van der Waals surface area contributed by atoms with Gasteiger partial charge >= 0.3 is 0 Å². The van der Waals surface area contributed by atoms with Crippen LogP contribution in [-0.2, 0) is 6.42 Å². The number of hydrogen-bond acceptors (Lipinski definition) is 4. The summed E-state index contributed by atoms with van der Waals surface area (Å²) < 4.78 is 0. The Bertz CT molecular complexity index is 805. The summed E-state index contributed by atoms with van der Waals surface area (Å²) in [5.74, 6) is 1.76. The number of imidazole rings is 1. The Balaban J connectivity index is 1.45. The van der Waals surface area contributed by atoms with Gasteiger partial charge in [0.2, 0.25) is 0 Å². The zero-order chi connectivity index (χ0) is 16.3. The lowest BCUT2D eigenvalue weighted by Crippen LogP contribution is -2.45. The highest BCUT2D eigenvalue weighted by Crippen LogP contribution is 2.47. The molecular formula is C18H23N5O. The molecule has 5 rings (SSSR count). The molecule has 2 saturated carbocycles. The van der Waals surface area contributed by atoms with Crippen LogP contribution in [0.4, 0.5) is 0 Å². The molecule has 1 spiro atoms. The normalized spacial score (nSPS) is 25.4. The van der Waals surface area contributed by atoms with E-state index in [4.69, 9.17) is 5.73 Å². The Labute approximate surface area is 140 Å². The summed E-state index contributed by atoms with van der Waals surface area (Å²) in [6.45, 7) is 1.45. The van der Waals surface area contributed by atoms with Crippen molar-refractivity contribution in [2.45, 2.75) is 44.6 Å². The van der Waals surface area contributed by atoms with Crippen LogP contribution in [0.1, 0.15) is 48.3 Å². The van der Waals surface area contributed by atoms with Crippen molar-refractivity contribution in [2.75, 3.05) is 13.1 Å². The molecule has 0 bridgehead atoms. The minimum atomic E-state index is 0.0586. The smallest absolute Gasteiger partial charge is 0.256 e. The van der Waals surface area contributed by atoms with Gasteiger partial charge in [-0.1, -0.05) is 6.42 Å². The van der Waals surface area contributed by atoms with E-state index in [9.17, 15) is 4.79 Å². The number of carbonyl (C=O) groups is 1. The van der Waals surface area contributed by atoms with Gasteiger partial charge in [-0.25, -0.2) is 9.97 Å². The maximum Gasteiger partial charge on any atom is 0.256 e. The van der Waals surface area contributed by atoms with Gasteiger partial charge in [-0.3, -0.25) is 4.79 Å². The van der Waals surface area contributed by atoms with Crippen LogP contribution in [0.2, 0.25) is 0 Å². The SMILES string of the molecule is NC1CN(C(=O)c2ccnc3nc(CC4CC4)[nH]c23)CC12CCC2. The average Bonchev–Trinajstić information content (AvgIpc) is 3.12. The Hall–Kier alpha value is -1.95. The lowest BCUT2D eigenvalue weighted by Gasteiger charge is -2.41. The highest BCUT2D eigenvalue weighted by Gasteiger charge is 2.50. The van der Waals surface area contributed by atoms with Gasteiger partial charge in [0.15, 0.2) is 5.65 Å². The van der Waals surface area contributed by atoms with Crippen molar-refractivity contribution in [3.63, 3.8) is 0 Å². The zero-order valence-corrected chi connectivity index (χ0v) is 13.8. The number of carbonyl (C=O) groups excluding carboxylic acids is 1. The van der Waals surface area contributed by atoms with Crippen LogP contribution in [-0.4, -0.2) is 44.9 Å². The predicted molar refractivity (Wildman–Crippen MR) is 90.5 cm³/mol. The molecule has 24 heavy (non-hydrogen) atoms. The Morgan fingerprint density at radius 3 is 2.92 bits per heavy atom. The Morgan fingerprint density at radius 1 is 1.42 bits per heavy atom. The lowest BCUT2D eigenvalue weighted by atomic mass is 9.66. The molecule has 2 aliphatic carbocycles. The number of likely N-dealkylation sites (tertiary alicyclic amines) is 1. The van der Waals surface area contributed by atoms with Crippen LogP contribution < -0.4 is 5.73 Å². The maximum absolute atomic E-state index is 13.1. The molecule has 1 unspecified atom stereocenters. The third-order valence-electron chi connectivity index (χ3n) is 6.20. The van der Waals surface area contributed by atoms with Gasteiger partial charge in [-0.2, -0.15) is 0 Å². The first-order valence-electron chi connectivity index (χ1n) is 9.03. The standard InChI is InChI=1S/C18H23N5O/c19-13-9-23(10-18(13)5-1-6-18)17(24)12-4-7-20-16-15(12)21-14(22-16)8-11-2-3-11/h4,7,11,13H,1-3,5-6,8-10,19H2,(H,20,21,22). The van der Waals surface area contributed by atoms with Gasteiger partial charge < -0.3 is 15.6 Å². The van der Waals surface area contributed by atoms with Gasteiger partial charge in [0.05, 0.1) is 11.1 Å². The first kappa shape index (κ1) is 14.4. The molecule has 1 saturated heterocycles. The number of amides is 1. The van der Waals surface area contributed by atoms with E-state index in [1.54, 1.807) is 12.3 Å². The fraction of sp³-hybridized carbons (Fsp3) is 0.611. The molecule has 0 radical (unpaired) electrons. The van der Waals surface area contributed by atoms with Gasteiger partial charge in [-0.15, -0.1) is 0 Å². The highest BCUT2D eigenvalue weighted by molar-refractivity contribution is 6.04. The van der Waals surface area contributed by atoms with Crippen LogP contribution in [0.5, 0.6) is 0 Å². The van der Waals surface area contributed by atoms with E-state index < -0.39 is 0 Å². The largest absolute Gasteiger partial charge is 0.340 e. The van der Waals surface area contributed by atoms with Crippen molar-refractivity contribution >= 4 is 17.1 Å². The van der Waals surface area contributed by atoms with E-state index >= 15 is 0 Å². The summed E-state index contributed by atoms with van der Waals surface area (Å²) >= 11 is 0. The van der Waals surface area contributed by atoms with E-state index in [1.807, 2.05) is 4.90 Å². The molecule has 0 aromatic carbocycles. The Morgan fingerprint density at radius 2 is 2.25 bits per heavy atom. The number of aromatic amines is 1. The molecule has 1 aliphatic heterocycles. The topological polar surface area (TPSA) is 87.9 Å². The molecule has 6 heteroatoms. The fourth-order valence-electron chi connectivity index (χ4n) is 4.31.